The van der Waals surface area contributed by atoms with Gasteiger partial charge in [0.15, 0.2) is 0 Å². The number of Topliss-reactive ketones (excluding diaryl/α,β-unsaturated/α-hetero) is 1. The Morgan fingerprint density at radius 2 is 1.80 bits per heavy atom. The number of rotatable bonds is 9. The van der Waals surface area contributed by atoms with E-state index in [-0.39, 0.29) is 17.9 Å². The molecular formula is C29H30N2O4. The molecule has 0 saturated carbocycles. The highest BCUT2D eigenvalue weighted by molar-refractivity contribution is 6.46. The van der Waals surface area contributed by atoms with Crippen molar-refractivity contribution in [1.82, 2.24) is 9.88 Å². The number of benzene rings is 2. The molecule has 1 saturated heterocycles. The van der Waals surface area contributed by atoms with E-state index in [2.05, 4.69) is 11.9 Å². The molecule has 1 fully saturated rings. The quantitative estimate of drug-likeness (QED) is 0.191. The van der Waals surface area contributed by atoms with Crippen LogP contribution in [0.2, 0.25) is 0 Å². The van der Waals surface area contributed by atoms with Gasteiger partial charge in [-0.2, -0.15) is 0 Å². The minimum atomic E-state index is -0.707. The Bertz CT molecular complexity index is 1220. The number of amides is 1. The summed E-state index contributed by atoms with van der Waals surface area (Å²) in [4.78, 5) is 32.0. The van der Waals surface area contributed by atoms with Crippen LogP contribution in [0.1, 0.15) is 54.5 Å². The van der Waals surface area contributed by atoms with Crippen molar-refractivity contribution in [3.8, 4) is 5.75 Å². The molecule has 2 aromatic carbocycles. The highest BCUT2D eigenvalue weighted by atomic mass is 16.5. The lowest BCUT2D eigenvalue weighted by molar-refractivity contribution is -0.140. The molecule has 1 aliphatic rings. The van der Waals surface area contributed by atoms with Gasteiger partial charge >= 0.3 is 0 Å². The molecule has 4 rings (SSSR count). The Hall–Kier alpha value is -3.93. The number of nitrogens with zero attached hydrogens (tertiary/aromatic N) is 2. The van der Waals surface area contributed by atoms with Crippen LogP contribution in [-0.2, 0) is 16.1 Å². The van der Waals surface area contributed by atoms with Crippen molar-refractivity contribution in [2.75, 3.05) is 6.61 Å². The highest BCUT2D eigenvalue weighted by Gasteiger charge is 2.46. The maximum absolute atomic E-state index is 13.2. The second-order valence-electron chi connectivity index (χ2n) is 8.72. The van der Waals surface area contributed by atoms with Gasteiger partial charge in [-0.3, -0.25) is 14.6 Å². The fourth-order valence-corrected chi connectivity index (χ4v) is 4.35. The maximum Gasteiger partial charge on any atom is 0.295 e. The van der Waals surface area contributed by atoms with E-state index in [4.69, 9.17) is 4.74 Å². The predicted octanol–water partition coefficient (Wildman–Crippen LogP) is 5.58. The SMILES string of the molecule is CCCCCOc1ccc(/C(O)=C2/C(=O)C(=O)N(Cc3cccnc3)C2c2ccccc2C)cc1. The van der Waals surface area contributed by atoms with E-state index in [0.717, 1.165) is 36.0 Å². The number of hydrogen-bond acceptors (Lipinski definition) is 5. The van der Waals surface area contributed by atoms with Gasteiger partial charge in [-0.05, 0) is 60.4 Å². The van der Waals surface area contributed by atoms with Crippen LogP contribution in [0, 0.1) is 6.92 Å². The lowest BCUT2D eigenvalue weighted by Crippen LogP contribution is -2.29. The van der Waals surface area contributed by atoms with E-state index in [1.807, 2.05) is 37.3 Å². The molecule has 1 aromatic heterocycles. The van der Waals surface area contributed by atoms with Crippen molar-refractivity contribution in [2.24, 2.45) is 0 Å². The molecule has 1 amide bonds. The normalized spacial score (nSPS) is 17.1. The highest BCUT2D eigenvalue weighted by Crippen LogP contribution is 2.41. The first-order chi connectivity index (χ1) is 17.0. The smallest absolute Gasteiger partial charge is 0.295 e. The third-order valence-electron chi connectivity index (χ3n) is 6.24. The van der Waals surface area contributed by atoms with Crippen LogP contribution in [0.4, 0.5) is 0 Å². The lowest BCUT2D eigenvalue weighted by atomic mass is 9.92. The molecule has 3 aromatic rings. The number of hydrogen-bond donors (Lipinski definition) is 1. The van der Waals surface area contributed by atoms with Gasteiger partial charge in [0.05, 0.1) is 18.2 Å². The molecule has 35 heavy (non-hydrogen) atoms. The third-order valence-corrected chi connectivity index (χ3v) is 6.24. The number of likely N-dealkylation sites (tertiary alicyclic amines) is 1. The molecule has 0 aliphatic carbocycles. The molecule has 0 radical (unpaired) electrons. The van der Waals surface area contributed by atoms with E-state index >= 15 is 0 Å². The van der Waals surface area contributed by atoms with Gasteiger partial charge in [-0.25, -0.2) is 0 Å². The first kappa shape index (κ1) is 24.2. The number of aliphatic hydroxyl groups excluding tert-OH is 1. The number of aromatic nitrogens is 1. The number of ketones is 1. The summed E-state index contributed by atoms with van der Waals surface area (Å²) in [5.41, 5.74) is 3.08. The number of carbonyl (C=O) groups excluding carboxylic acids is 2. The molecule has 0 spiro atoms. The van der Waals surface area contributed by atoms with Gasteiger partial charge in [0.1, 0.15) is 11.5 Å². The number of carbonyl (C=O) groups is 2. The Morgan fingerprint density at radius 1 is 1.03 bits per heavy atom. The summed E-state index contributed by atoms with van der Waals surface area (Å²) in [7, 11) is 0. The van der Waals surface area contributed by atoms with Crippen molar-refractivity contribution in [1.29, 1.82) is 0 Å². The number of ether oxygens (including phenoxy) is 1. The van der Waals surface area contributed by atoms with Crippen LogP contribution in [0.15, 0.2) is 78.6 Å². The van der Waals surface area contributed by atoms with Crippen molar-refractivity contribution in [3.63, 3.8) is 0 Å². The van der Waals surface area contributed by atoms with Gasteiger partial charge in [0, 0.05) is 24.5 Å². The van der Waals surface area contributed by atoms with Crippen molar-refractivity contribution >= 4 is 17.4 Å². The molecule has 2 heterocycles. The first-order valence-corrected chi connectivity index (χ1v) is 12.0. The third kappa shape index (κ3) is 5.27. The predicted molar refractivity (Wildman–Crippen MR) is 135 cm³/mol. The summed E-state index contributed by atoms with van der Waals surface area (Å²) in [6.07, 6.45) is 6.55. The zero-order valence-electron chi connectivity index (χ0n) is 20.1. The molecule has 6 heteroatoms. The van der Waals surface area contributed by atoms with E-state index in [9.17, 15) is 14.7 Å². The number of pyridine rings is 1. The number of unbranched alkanes of at least 4 members (excludes halogenated alkanes) is 2. The van der Waals surface area contributed by atoms with Crippen LogP contribution in [0.5, 0.6) is 5.75 Å². The number of aliphatic hydroxyl groups is 1. The topological polar surface area (TPSA) is 79.7 Å². The maximum atomic E-state index is 13.2. The van der Waals surface area contributed by atoms with E-state index < -0.39 is 17.7 Å². The monoisotopic (exact) mass is 470 g/mol. The van der Waals surface area contributed by atoms with Gasteiger partial charge in [-0.1, -0.05) is 50.1 Å². The van der Waals surface area contributed by atoms with Crippen LogP contribution >= 0.6 is 0 Å². The minimum absolute atomic E-state index is 0.0878. The van der Waals surface area contributed by atoms with Crippen molar-refractivity contribution in [2.45, 2.75) is 45.7 Å². The summed E-state index contributed by atoms with van der Waals surface area (Å²) >= 11 is 0. The molecule has 1 N–H and O–H groups in total. The summed E-state index contributed by atoms with van der Waals surface area (Å²) in [5, 5.41) is 11.3. The van der Waals surface area contributed by atoms with Gasteiger partial charge < -0.3 is 14.7 Å². The molecule has 6 nitrogen and oxygen atoms in total. The Morgan fingerprint density at radius 3 is 2.49 bits per heavy atom. The molecule has 180 valence electrons. The fourth-order valence-electron chi connectivity index (χ4n) is 4.35. The molecule has 1 atom stereocenters. The van der Waals surface area contributed by atoms with Crippen molar-refractivity contribution < 1.29 is 19.4 Å². The van der Waals surface area contributed by atoms with E-state index in [1.54, 1.807) is 42.7 Å². The van der Waals surface area contributed by atoms with Gasteiger partial charge in [0.25, 0.3) is 11.7 Å². The second-order valence-corrected chi connectivity index (χ2v) is 8.72. The Labute approximate surface area is 205 Å². The summed E-state index contributed by atoms with van der Waals surface area (Å²) < 4.78 is 5.76. The Kier molecular flexibility index (Phi) is 7.60. The summed E-state index contributed by atoms with van der Waals surface area (Å²) in [5.74, 6) is -0.827. The molecule has 0 bridgehead atoms. The molecule has 1 unspecified atom stereocenters. The number of aryl methyl sites for hydroxylation is 1. The zero-order valence-corrected chi connectivity index (χ0v) is 20.1. The van der Waals surface area contributed by atoms with Gasteiger partial charge in [-0.15, -0.1) is 0 Å². The van der Waals surface area contributed by atoms with Crippen LogP contribution in [0.25, 0.3) is 5.76 Å². The largest absolute Gasteiger partial charge is 0.507 e. The van der Waals surface area contributed by atoms with E-state index in [1.165, 1.54) is 4.90 Å². The fraction of sp³-hybridized carbons (Fsp3) is 0.276. The zero-order chi connectivity index (χ0) is 24.8. The lowest BCUT2D eigenvalue weighted by Gasteiger charge is -2.26. The standard InChI is InChI=1S/C29H30N2O4/c1-3-4-7-17-35-23-14-12-22(13-15-23)27(32)25-26(24-11-6-5-9-20(24)2)31(29(34)28(25)33)19-21-10-8-16-30-18-21/h5-6,8-16,18,26,32H,3-4,7,17,19H2,1-2H3/b27-25-. The van der Waals surface area contributed by atoms with Crippen LogP contribution < -0.4 is 4.74 Å². The van der Waals surface area contributed by atoms with Gasteiger partial charge in [0.2, 0.25) is 0 Å². The van der Waals surface area contributed by atoms with Crippen molar-refractivity contribution in [3.05, 3.63) is 101 Å². The summed E-state index contributed by atoms with van der Waals surface area (Å²) in [6.45, 7) is 4.91. The van der Waals surface area contributed by atoms with Crippen LogP contribution in [-0.4, -0.2) is 33.3 Å². The second kappa shape index (κ2) is 11.0. The first-order valence-electron chi connectivity index (χ1n) is 12.0. The average Bonchev–Trinajstić information content (AvgIpc) is 3.12. The molecular weight excluding hydrogens is 440 g/mol. The van der Waals surface area contributed by atoms with Crippen LogP contribution in [0.3, 0.4) is 0 Å². The summed E-state index contributed by atoms with van der Waals surface area (Å²) in [6, 6.07) is 17.5. The average molecular weight is 471 g/mol. The minimum Gasteiger partial charge on any atom is -0.507 e. The van der Waals surface area contributed by atoms with E-state index in [0.29, 0.717) is 17.9 Å². The molecule has 1 aliphatic heterocycles. The Balaban J connectivity index is 1.71.